The number of fused-ring (bicyclic) bond motifs is 5. The fraction of sp³-hybridized carbons (Fsp3) is 0.435. The van der Waals surface area contributed by atoms with Gasteiger partial charge in [-0.2, -0.15) is 10.5 Å². The molecule has 1 aromatic carbocycles. The first-order chi connectivity index (χ1) is 14.2. The van der Waals surface area contributed by atoms with Crippen LogP contribution in [0.5, 0.6) is 5.75 Å². The summed E-state index contributed by atoms with van der Waals surface area (Å²) in [6, 6.07) is 9.54. The van der Waals surface area contributed by atoms with Crippen molar-refractivity contribution in [3.05, 3.63) is 46.5 Å². The molecule has 1 amide bonds. The third-order valence-corrected chi connectivity index (χ3v) is 7.47. The number of nitrogens with one attached hydrogen (secondary N) is 1. The molecular formula is C23H23N5O2. The van der Waals surface area contributed by atoms with Crippen molar-refractivity contribution in [3.63, 3.8) is 0 Å². The number of methoxy groups -OCH3 is 1. The van der Waals surface area contributed by atoms with Crippen molar-refractivity contribution in [2.24, 2.45) is 5.41 Å². The van der Waals surface area contributed by atoms with Crippen LogP contribution in [-0.2, 0) is 15.6 Å². The van der Waals surface area contributed by atoms with E-state index in [2.05, 4.69) is 36.1 Å². The highest BCUT2D eigenvalue weighted by Crippen LogP contribution is 2.70. The number of carbonyl (C=O) groups is 1. The van der Waals surface area contributed by atoms with E-state index in [1.165, 1.54) is 0 Å². The van der Waals surface area contributed by atoms with E-state index in [0.29, 0.717) is 29.2 Å². The van der Waals surface area contributed by atoms with Gasteiger partial charge in [0.2, 0.25) is 5.91 Å². The first-order valence-electron chi connectivity index (χ1n) is 9.85. The van der Waals surface area contributed by atoms with Gasteiger partial charge in [0.15, 0.2) is 11.4 Å². The third kappa shape index (κ3) is 2.21. The molecular weight excluding hydrogens is 378 g/mol. The maximum Gasteiger partial charge on any atom is 0.237 e. The lowest BCUT2D eigenvalue weighted by Crippen LogP contribution is -2.48. The number of ether oxygens (including phenoxy) is 1. The molecule has 1 saturated carbocycles. The van der Waals surface area contributed by atoms with Crippen molar-refractivity contribution in [1.29, 1.82) is 10.5 Å². The van der Waals surface area contributed by atoms with Crippen LogP contribution >= 0.6 is 0 Å². The van der Waals surface area contributed by atoms with E-state index >= 15 is 0 Å². The van der Waals surface area contributed by atoms with Crippen LogP contribution in [0.3, 0.4) is 0 Å². The number of nitrogens with zero attached hydrogens (tertiary/aromatic N) is 4. The van der Waals surface area contributed by atoms with Crippen LogP contribution in [0, 0.1) is 35.0 Å². The van der Waals surface area contributed by atoms with E-state index in [9.17, 15) is 15.3 Å². The summed E-state index contributed by atoms with van der Waals surface area (Å²) in [6.45, 7) is 8.12. The zero-order chi connectivity index (χ0) is 21.9. The Morgan fingerprint density at radius 1 is 1.10 bits per heavy atom. The summed E-state index contributed by atoms with van der Waals surface area (Å²) in [5.74, 6) is 0.382. The summed E-state index contributed by atoms with van der Waals surface area (Å²) in [6.07, 6.45) is 1.34. The molecule has 4 rings (SSSR count). The maximum atomic E-state index is 13.9. The molecule has 0 aliphatic heterocycles. The Hall–Kier alpha value is -3.45. The number of amides is 1. The molecule has 2 aliphatic rings. The zero-order valence-corrected chi connectivity index (χ0v) is 17.8. The number of benzene rings is 1. The molecule has 1 N–H and O–H groups in total. The van der Waals surface area contributed by atoms with Crippen molar-refractivity contribution in [2.75, 3.05) is 12.4 Å². The summed E-state index contributed by atoms with van der Waals surface area (Å²) < 4.78 is 5.43. The highest BCUT2D eigenvalue weighted by molar-refractivity contribution is 6.02. The number of hydrogen-bond donors (Lipinski definition) is 1. The van der Waals surface area contributed by atoms with Crippen LogP contribution < -0.4 is 10.1 Å². The lowest BCUT2D eigenvalue weighted by Gasteiger charge is -2.39. The predicted octanol–water partition coefficient (Wildman–Crippen LogP) is 3.50. The average molecular weight is 401 g/mol. The number of aromatic nitrogens is 2. The fourth-order valence-corrected chi connectivity index (χ4v) is 5.29. The second-order valence-electron chi connectivity index (χ2n) is 8.86. The largest absolute Gasteiger partial charge is 0.495 e. The van der Waals surface area contributed by atoms with Crippen LogP contribution in [0.1, 0.15) is 62.0 Å². The number of nitriles is 2. The molecule has 1 aromatic heterocycles. The van der Waals surface area contributed by atoms with Gasteiger partial charge >= 0.3 is 0 Å². The van der Waals surface area contributed by atoms with Gasteiger partial charge in [0.25, 0.3) is 0 Å². The highest BCUT2D eigenvalue weighted by Gasteiger charge is 2.73. The number of anilines is 1. The minimum atomic E-state index is -0.960. The molecule has 2 aliphatic carbocycles. The van der Waals surface area contributed by atoms with E-state index in [0.717, 1.165) is 12.0 Å². The molecule has 0 saturated heterocycles. The smallest absolute Gasteiger partial charge is 0.237 e. The molecule has 0 spiro atoms. The van der Waals surface area contributed by atoms with E-state index < -0.39 is 16.2 Å². The molecule has 7 heteroatoms. The quantitative estimate of drug-likeness (QED) is 0.842. The second kappa shape index (κ2) is 6.27. The van der Waals surface area contributed by atoms with Gasteiger partial charge in [0, 0.05) is 5.41 Å². The zero-order valence-electron chi connectivity index (χ0n) is 17.8. The number of aryl methyl sites for hydroxylation is 1. The first-order valence-corrected chi connectivity index (χ1v) is 9.85. The molecule has 2 atom stereocenters. The van der Waals surface area contributed by atoms with Gasteiger partial charge in [0.1, 0.15) is 17.9 Å². The molecule has 1 fully saturated rings. The minimum Gasteiger partial charge on any atom is -0.495 e. The van der Waals surface area contributed by atoms with Crippen LogP contribution in [0.15, 0.2) is 18.2 Å². The molecule has 7 nitrogen and oxygen atoms in total. The first kappa shape index (κ1) is 19.8. The van der Waals surface area contributed by atoms with Gasteiger partial charge in [-0.3, -0.25) is 4.79 Å². The molecule has 2 aromatic rings. The van der Waals surface area contributed by atoms with E-state index in [-0.39, 0.29) is 17.3 Å². The van der Waals surface area contributed by atoms with Gasteiger partial charge in [-0.1, -0.05) is 26.8 Å². The van der Waals surface area contributed by atoms with Gasteiger partial charge in [-0.25, -0.2) is 9.97 Å². The molecule has 1 heterocycles. The van der Waals surface area contributed by atoms with Crippen molar-refractivity contribution in [1.82, 2.24) is 9.97 Å². The third-order valence-electron chi connectivity index (χ3n) is 7.47. The second-order valence-corrected chi connectivity index (χ2v) is 8.86. The Balaban J connectivity index is 1.90. The Morgan fingerprint density at radius 3 is 2.33 bits per heavy atom. The lowest BCUT2D eigenvalue weighted by atomic mass is 9.63. The molecule has 2 bridgehead atoms. The number of carbonyl (C=O) groups excluding carboxylic acids is 1. The van der Waals surface area contributed by atoms with Gasteiger partial charge in [0.05, 0.1) is 29.6 Å². The van der Waals surface area contributed by atoms with Crippen LogP contribution in [0.4, 0.5) is 5.69 Å². The Labute approximate surface area is 175 Å². The molecule has 30 heavy (non-hydrogen) atoms. The van der Waals surface area contributed by atoms with Crippen LogP contribution in [0.2, 0.25) is 0 Å². The van der Waals surface area contributed by atoms with Crippen molar-refractivity contribution < 1.29 is 9.53 Å². The van der Waals surface area contributed by atoms with Crippen LogP contribution in [-0.4, -0.2) is 23.0 Å². The van der Waals surface area contributed by atoms with Crippen LogP contribution in [0.25, 0.3) is 0 Å². The van der Waals surface area contributed by atoms with Crippen molar-refractivity contribution in [2.45, 2.75) is 51.4 Å². The molecule has 2 unspecified atom stereocenters. The summed E-state index contributed by atoms with van der Waals surface area (Å²) in [5, 5.41) is 22.0. The van der Waals surface area contributed by atoms with Gasteiger partial charge in [-0.15, -0.1) is 0 Å². The van der Waals surface area contributed by atoms with Gasteiger partial charge in [-0.05, 0) is 42.9 Å². The Bertz CT molecular complexity index is 1170. The maximum absolute atomic E-state index is 13.9. The SMILES string of the molecule is COc1ccc(C)cc1NC(=O)C12CCC(C)(c3nc(C#N)c(C#N)nc31)C2(C)C. The van der Waals surface area contributed by atoms with Crippen molar-refractivity contribution in [3.8, 4) is 17.9 Å². The predicted molar refractivity (Wildman–Crippen MR) is 110 cm³/mol. The summed E-state index contributed by atoms with van der Waals surface area (Å²) in [4.78, 5) is 22.9. The molecule has 0 radical (unpaired) electrons. The van der Waals surface area contributed by atoms with E-state index in [4.69, 9.17) is 4.74 Å². The Morgan fingerprint density at radius 2 is 1.73 bits per heavy atom. The normalized spacial score (nSPS) is 25.2. The monoisotopic (exact) mass is 401 g/mol. The number of rotatable bonds is 3. The summed E-state index contributed by atoms with van der Waals surface area (Å²) >= 11 is 0. The van der Waals surface area contributed by atoms with E-state index in [1.54, 1.807) is 7.11 Å². The molecule has 152 valence electrons. The fourth-order valence-electron chi connectivity index (χ4n) is 5.29. The average Bonchev–Trinajstić information content (AvgIpc) is 3.02. The lowest BCUT2D eigenvalue weighted by molar-refractivity contribution is -0.125. The summed E-state index contributed by atoms with van der Waals surface area (Å²) in [5.41, 5.74) is 0.834. The highest BCUT2D eigenvalue weighted by atomic mass is 16.5. The Kier molecular flexibility index (Phi) is 4.15. The standard InChI is InChI=1S/C23H23N5O2/c1-13-6-7-17(30-5)14(10-13)28-20(29)23-9-8-22(4,21(23,2)3)18-19(23)27-16(12-25)15(11-24)26-18/h6-7,10H,8-9H2,1-5H3,(H,28,29). The van der Waals surface area contributed by atoms with Gasteiger partial charge < -0.3 is 10.1 Å². The van der Waals surface area contributed by atoms with E-state index in [1.807, 2.05) is 37.3 Å². The van der Waals surface area contributed by atoms with Crippen molar-refractivity contribution >= 4 is 11.6 Å². The number of hydrogen-bond acceptors (Lipinski definition) is 6. The minimum absolute atomic E-state index is 0.0109. The topological polar surface area (TPSA) is 112 Å². The summed E-state index contributed by atoms with van der Waals surface area (Å²) in [7, 11) is 1.56.